The van der Waals surface area contributed by atoms with Crippen LogP contribution in [0.4, 0.5) is 0 Å². The molecule has 0 radical (unpaired) electrons. The van der Waals surface area contributed by atoms with Gasteiger partial charge in [-0.3, -0.25) is 4.79 Å². The van der Waals surface area contributed by atoms with Crippen LogP contribution in [0.15, 0.2) is 42.9 Å². The molecule has 166 valence electrons. The quantitative estimate of drug-likeness (QED) is 0.667. The summed E-state index contributed by atoms with van der Waals surface area (Å²) in [7, 11) is 0. The standard InChI is InChI=1S/C26H34N2O3/c1-17-22-15-27-16-28(22)21(24(17)19-8-6-5-7-9-19)14-23(29)18-10-12-20(13-11-18)25(30)31-26(2,3)4/h5-9,15-16,18,20-21,23,29H,10-14H2,1-4H3. The Morgan fingerprint density at radius 3 is 2.52 bits per heavy atom. The van der Waals surface area contributed by atoms with Crippen molar-refractivity contribution in [2.75, 3.05) is 0 Å². The molecule has 5 heteroatoms. The van der Waals surface area contributed by atoms with E-state index in [4.69, 9.17) is 4.74 Å². The molecule has 1 N–H and O–H groups in total. The predicted octanol–water partition coefficient (Wildman–Crippen LogP) is 5.27. The summed E-state index contributed by atoms with van der Waals surface area (Å²) in [5.74, 6) is 0.0734. The first-order valence-corrected chi connectivity index (χ1v) is 11.4. The summed E-state index contributed by atoms with van der Waals surface area (Å²) in [6.07, 6.45) is 7.34. The van der Waals surface area contributed by atoms with Gasteiger partial charge >= 0.3 is 5.97 Å². The predicted molar refractivity (Wildman–Crippen MR) is 122 cm³/mol. The number of ether oxygens (including phenoxy) is 1. The van der Waals surface area contributed by atoms with Gasteiger partial charge in [-0.2, -0.15) is 0 Å². The number of fused-ring (bicyclic) bond motifs is 1. The average molecular weight is 423 g/mol. The van der Waals surface area contributed by atoms with Crippen molar-refractivity contribution in [3.63, 3.8) is 0 Å². The molecule has 2 atom stereocenters. The molecule has 2 heterocycles. The Kier molecular flexibility index (Phi) is 6.07. The molecule has 1 aromatic carbocycles. The summed E-state index contributed by atoms with van der Waals surface area (Å²) >= 11 is 0. The van der Waals surface area contributed by atoms with Gasteiger partial charge in [-0.15, -0.1) is 0 Å². The van der Waals surface area contributed by atoms with Crippen LogP contribution in [-0.4, -0.2) is 32.3 Å². The van der Waals surface area contributed by atoms with E-state index in [0.29, 0.717) is 6.42 Å². The third-order valence-electron chi connectivity index (χ3n) is 6.73. The van der Waals surface area contributed by atoms with Crippen molar-refractivity contribution in [2.24, 2.45) is 11.8 Å². The highest BCUT2D eigenvalue weighted by Gasteiger charge is 2.36. The fourth-order valence-electron chi connectivity index (χ4n) is 5.17. The van der Waals surface area contributed by atoms with Gasteiger partial charge in [0.2, 0.25) is 0 Å². The zero-order valence-corrected chi connectivity index (χ0v) is 19.0. The first kappa shape index (κ1) is 21.8. The van der Waals surface area contributed by atoms with Gasteiger partial charge in [0.15, 0.2) is 0 Å². The zero-order valence-electron chi connectivity index (χ0n) is 19.0. The number of aliphatic hydroxyl groups is 1. The van der Waals surface area contributed by atoms with E-state index in [-0.39, 0.29) is 23.8 Å². The van der Waals surface area contributed by atoms with Gasteiger partial charge < -0.3 is 14.4 Å². The number of hydrogen-bond donors (Lipinski definition) is 1. The minimum Gasteiger partial charge on any atom is -0.460 e. The van der Waals surface area contributed by atoms with E-state index in [2.05, 4.69) is 40.7 Å². The zero-order chi connectivity index (χ0) is 22.2. The molecular weight excluding hydrogens is 388 g/mol. The van der Waals surface area contributed by atoms with Gasteiger partial charge in [-0.05, 0) is 82.4 Å². The van der Waals surface area contributed by atoms with Crippen molar-refractivity contribution in [3.05, 3.63) is 54.1 Å². The molecule has 1 aliphatic heterocycles. The molecule has 2 aliphatic rings. The number of aliphatic hydroxyl groups excluding tert-OH is 1. The van der Waals surface area contributed by atoms with Crippen LogP contribution in [-0.2, 0) is 9.53 Å². The van der Waals surface area contributed by atoms with E-state index in [0.717, 1.165) is 31.4 Å². The topological polar surface area (TPSA) is 64.3 Å². The molecule has 31 heavy (non-hydrogen) atoms. The highest BCUT2D eigenvalue weighted by Crippen LogP contribution is 2.45. The number of aromatic nitrogens is 2. The van der Waals surface area contributed by atoms with Gasteiger partial charge in [0, 0.05) is 0 Å². The van der Waals surface area contributed by atoms with Gasteiger partial charge in [-0.1, -0.05) is 30.3 Å². The Hall–Kier alpha value is -2.40. The van der Waals surface area contributed by atoms with Crippen LogP contribution in [0.1, 0.15) is 77.1 Å². The van der Waals surface area contributed by atoms with Crippen molar-refractivity contribution < 1.29 is 14.6 Å². The lowest BCUT2D eigenvalue weighted by Crippen LogP contribution is -2.34. The van der Waals surface area contributed by atoms with Crippen LogP contribution in [0.2, 0.25) is 0 Å². The summed E-state index contributed by atoms with van der Waals surface area (Å²) in [4.78, 5) is 16.8. The minimum absolute atomic E-state index is 0.0450. The lowest BCUT2D eigenvalue weighted by atomic mass is 9.77. The highest BCUT2D eigenvalue weighted by molar-refractivity contribution is 5.93. The van der Waals surface area contributed by atoms with Crippen molar-refractivity contribution in [3.8, 4) is 0 Å². The monoisotopic (exact) mass is 422 g/mol. The lowest BCUT2D eigenvalue weighted by Gasteiger charge is -2.33. The number of rotatable bonds is 5. The third kappa shape index (κ3) is 4.62. The molecule has 0 saturated heterocycles. The maximum Gasteiger partial charge on any atom is 0.309 e. The van der Waals surface area contributed by atoms with Gasteiger partial charge in [0.25, 0.3) is 0 Å². The molecule has 0 spiro atoms. The fraction of sp³-hybridized carbons (Fsp3) is 0.538. The number of nitrogens with zero attached hydrogens (tertiary/aromatic N) is 2. The SMILES string of the molecule is CC1=C(c2ccccc2)C(CC(O)C2CCC(C(=O)OC(C)(C)C)CC2)n2cncc21. The minimum atomic E-state index is -0.448. The van der Waals surface area contributed by atoms with Gasteiger partial charge in [0.1, 0.15) is 5.60 Å². The van der Waals surface area contributed by atoms with Crippen LogP contribution < -0.4 is 0 Å². The van der Waals surface area contributed by atoms with Crippen LogP contribution in [0.5, 0.6) is 0 Å². The number of hydrogen-bond acceptors (Lipinski definition) is 4. The van der Waals surface area contributed by atoms with E-state index in [1.807, 2.05) is 39.4 Å². The first-order chi connectivity index (χ1) is 14.7. The Balaban J connectivity index is 1.44. The second kappa shape index (κ2) is 8.62. The number of carbonyl (C=O) groups excluding carboxylic acids is 1. The Bertz CT molecular complexity index is 947. The molecule has 0 bridgehead atoms. The second-order valence-electron chi connectivity index (χ2n) is 10.1. The fourth-order valence-corrected chi connectivity index (χ4v) is 5.17. The van der Waals surface area contributed by atoms with Crippen LogP contribution in [0, 0.1) is 11.8 Å². The average Bonchev–Trinajstić information content (AvgIpc) is 3.31. The summed E-state index contributed by atoms with van der Waals surface area (Å²) in [6.45, 7) is 7.87. The molecule has 1 aliphatic carbocycles. The molecule has 4 rings (SSSR count). The maximum absolute atomic E-state index is 12.4. The normalized spacial score (nSPS) is 24.7. The summed E-state index contributed by atoms with van der Waals surface area (Å²) in [5.41, 5.74) is 4.39. The van der Waals surface area contributed by atoms with E-state index in [1.54, 1.807) is 0 Å². The number of allylic oxidation sites excluding steroid dienone is 2. The molecule has 5 nitrogen and oxygen atoms in total. The molecule has 2 aromatic rings. The summed E-state index contributed by atoms with van der Waals surface area (Å²) < 4.78 is 7.77. The second-order valence-corrected chi connectivity index (χ2v) is 10.1. The lowest BCUT2D eigenvalue weighted by molar-refractivity contribution is -0.161. The van der Waals surface area contributed by atoms with E-state index < -0.39 is 11.7 Å². The largest absolute Gasteiger partial charge is 0.460 e. The number of esters is 1. The van der Waals surface area contributed by atoms with Gasteiger partial charge in [-0.25, -0.2) is 4.98 Å². The molecule has 0 amide bonds. The summed E-state index contributed by atoms with van der Waals surface area (Å²) in [6, 6.07) is 10.5. The number of imidazole rings is 1. The molecule has 1 fully saturated rings. The van der Waals surface area contributed by atoms with E-state index in [1.165, 1.54) is 16.7 Å². The van der Waals surface area contributed by atoms with Gasteiger partial charge in [0.05, 0.1) is 36.3 Å². The van der Waals surface area contributed by atoms with Crippen molar-refractivity contribution >= 4 is 17.1 Å². The smallest absolute Gasteiger partial charge is 0.309 e. The van der Waals surface area contributed by atoms with Crippen LogP contribution in [0.3, 0.4) is 0 Å². The number of carbonyl (C=O) groups is 1. The Labute approximate surface area is 185 Å². The van der Waals surface area contributed by atoms with Crippen molar-refractivity contribution in [1.82, 2.24) is 9.55 Å². The highest BCUT2D eigenvalue weighted by atomic mass is 16.6. The Morgan fingerprint density at radius 1 is 1.19 bits per heavy atom. The Morgan fingerprint density at radius 2 is 1.87 bits per heavy atom. The van der Waals surface area contributed by atoms with Crippen molar-refractivity contribution in [2.45, 2.75) is 77.5 Å². The van der Waals surface area contributed by atoms with E-state index in [9.17, 15) is 9.90 Å². The van der Waals surface area contributed by atoms with Crippen LogP contribution >= 0.6 is 0 Å². The van der Waals surface area contributed by atoms with Crippen LogP contribution in [0.25, 0.3) is 11.1 Å². The van der Waals surface area contributed by atoms with Crippen molar-refractivity contribution in [1.29, 1.82) is 0 Å². The maximum atomic E-state index is 12.4. The summed E-state index contributed by atoms with van der Waals surface area (Å²) in [5, 5.41) is 11.2. The third-order valence-corrected chi connectivity index (χ3v) is 6.73. The molecule has 1 aromatic heterocycles. The molecule has 2 unspecified atom stereocenters. The molecule has 1 saturated carbocycles. The number of benzene rings is 1. The van der Waals surface area contributed by atoms with E-state index >= 15 is 0 Å². The first-order valence-electron chi connectivity index (χ1n) is 11.4. The molecular formula is C26H34N2O3.